The summed E-state index contributed by atoms with van der Waals surface area (Å²) in [5, 5.41) is 4.12. The first-order valence-corrected chi connectivity index (χ1v) is 6.24. The number of aromatic nitrogens is 2. The van der Waals surface area contributed by atoms with Gasteiger partial charge >= 0.3 is 6.18 Å². The SMILES string of the molecule is O=C1CCCc2c1cnn2-c1ccc(C(F)(F)F)cc1. The number of alkyl halides is 3. The zero-order valence-electron chi connectivity index (χ0n) is 10.4. The van der Waals surface area contributed by atoms with Crippen molar-refractivity contribution in [3.63, 3.8) is 0 Å². The molecule has 0 bridgehead atoms. The number of carbonyl (C=O) groups is 1. The normalized spacial score (nSPS) is 15.2. The number of nitrogens with zero attached hydrogens (tertiary/aromatic N) is 2. The standard InChI is InChI=1S/C14H11F3N2O/c15-14(16,17)9-4-6-10(7-5-9)19-12-2-1-3-13(20)11(12)8-18-19/h4-8H,1-3H2. The summed E-state index contributed by atoms with van der Waals surface area (Å²) in [6, 6.07) is 4.78. The molecule has 0 aliphatic heterocycles. The number of hydrogen-bond acceptors (Lipinski definition) is 2. The van der Waals surface area contributed by atoms with Crippen LogP contribution in [-0.4, -0.2) is 15.6 Å². The molecule has 20 heavy (non-hydrogen) atoms. The van der Waals surface area contributed by atoms with Gasteiger partial charge in [0.2, 0.25) is 0 Å². The van der Waals surface area contributed by atoms with Crippen LogP contribution in [0.5, 0.6) is 0 Å². The lowest BCUT2D eigenvalue weighted by Gasteiger charge is -2.13. The van der Waals surface area contributed by atoms with Crippen molar-refractivity contribution in [3.05, 3.63) is 47.3 Å². The van der Waals surface area contributed by atoms with Gasteiger partial charge in [-0.1, -0.05) is 0 Å². The third kappa shape index (κ3) is 2.11. The molecule has 1 aromatic heterocycles. The van der Waals surface area contributed by atoms with E-state index in [0.29, 0.717) is 24.1 Å². The Bertz CT molecular complexity index is 656. The lowest BCUT2D eigenvalue weighted by atomic mass is 9.97. The highest BCUT2D eigenvalue weighted by molar-refractivity contribution is 5.98. The number of rotatable bonds is 1. The molecule has 1 aliphatic rings. The number of ketones is 1. The minimum absolute atomic E-state index is 0.0458. The highest BCUT2D eigenvalue weighted by Gasteiger charge is 2.30. The highest BCUT2D eigenvalue weighted by Crippen LogP contribution is 2.30. The van der Waals surface area contributed by atoms with Crippen LogP contribution in [0, 0.1) is 0 Å². The topological polar surface area (TPSA) is 34.9 Å². The third-order valence-corrected chi connectivity index (χ3v) is 3.43. The van der Waals surface area contributed by atoms with Gasteiger partial charge in [-0.3, -0.25) is 4.79 Å². The summed E-state index contributed by atoms with van der Waals surface area (Å²) in [6.07, 6.45) is -0.890. The van der Waals surface area contributed by atoms with E-state index in [0.717, 1.165) is 24.2 Å². The van der Waals surface area contributed by atoms with Crippen molar-refractivity contribution < 1.29 is 18.0 Å². The fourth-order valence-electron chi connectivity index (χ4n) is 2.41. The van der Waals surface area contributed by atoms with Gasteiger partial charge in [-0.2, -0.15) is 18.3 Å². The predicted molar refractivity (Wildman–Crippen MR) is 65.8 cm³/mol. The number of hydrogen-bond donors (Lipinski definition) is 0. The highest BCUT2D eigenvalue weighted by atomic mass is 19.4. The molecular weight excluding hydrogens is 269 g/mol. The first kappa shape index (κ1) is 12.9. The van der Waals surface area contributed by atoms with Crippen LogP contribution in [0.2, 0.25) is 0 Å². The van der Waals surface area contributed by atoms with Crippen LogP contribution >= 0.6 is 0 Å². The second kappa shape index (κ2) is 4.47. The number of halogens is 3. The average Bonchev–Trinajstić information content (AvgIpc) is 2.83. The summed E-state index contributed by atoms with van der Waals surface area (Å²) in [5.41, 5.74) is 1.20. The Morgan fingerprint density at radius 1 is 1.10 bits per heavy atom. The minimum atomic E-state index is -4.35. The van der Waals surface area contributed by atoms with E-state index in [-0.39, 0.29) is 5.78 Å². The van der Waals surface area contributed by atoms with Crippen molar-refractivity contribution in [2.45, 2.75) is 25.4 Å². The molecule has 3 nitrogen and oxygen atoms in total. The molecule has 6 heteroatoms. The fourth-order valence-corrected chi connectivity index (χ4v) is 2.41. The molecule has 0 atom stereocenters. The van der Waals surface area contributed by atoms with Gasteiger partial charge in [0, 0.05) is 6.42 Å². The average molecular weight is 280 g/mol. The van der Waals surface area contributed by atoms with Crippen molar-refractivity contribution in [1.29, 1.82) is 0 Å². The first-order valence-electron chi connectivity index (χ1n) is 6.24. The molecule has 3 rings (SSSR count). The van der Waals surface area contributed by atoms with Crippen molar-refractivity contribution in [2.24, 2.45) is 0 Å². The van der Waals surface area contributed by atoms with Crippen LogP contribution in [0.15, 0.2) is 30.5 Å². The maximum absolute atomic E-state index is 12.5. The lowest BCUT2D eigenvalue weighted by Crippen LogP contribution is -2.13. The van der Waals surface area contributed by atoms with Crippen molar-refractivity contribution >= 4 is 5.78 Å². The van der Waals surface area contributed by atoms with E-state index in [1.54, 1.807) is 4.68 Å². The van der Waals surface area contributed by atoms with Crippen LogP contribution < -0.4 is 0 Å². The Morgan fingerprint density at radius 3 is 2.45 bits per heavy atom. The monoisotopic (exact) mass is 280 g/mol. The van der Waals surface area contributed by atoms with Crippen molar-refractivity contribution in [3.8, 4) is 5.69 Å². The summed E-state index contributed by atoms with van der Waals surface area (Å²) >= 11 is 0. The summed E-state index contributed by atoms with van der Waals surface area (Å²) in [6.45, 7) is 0. The van der Waals surface area contributed by atoms with Crippen LogP contribution in [0.3, 0.4) is 0 Å². The molecule has 0 saturated heterocycles. The molecule has 1 aliphatic carbocycles. The second-order valence-electron chi connectivity index (χ2n) is 4.74. The molecule has 0 N–H and O–H groups in total. The Hall–Kier alpha value is -2.11. The van der Waals surface area contributed by atoms with E-state index in [1.807, 2.05) is 0 Å². The zero-order chi connectivity index (χ0) is 14.3. The van der Waals surface area contributed by atoms with Gasteiger partial charge in [0.1, 0.15) is 0 Å². The van der Waals surface area contributed by atoms with Crippen LogP contribution in [0.25, 0.3) is 5.69 Å². The Morgan fingerprint density at radius 2 is 1.80 bits per heavy atom. The maximum Gasteiger partial charge on any atom is 0.416 e. The van der Waals surface area contributed by atoms with Gasteiger partial charge < -0.3 is 0 Å². The van der Waals surface area contributed by atoms with Gasteiger partial charge in [0.05, 0.1) is 28.7 Å². The molecule has 1 aromatic carbocycles. The van der Waals surface area contributed by atoms with E-state index in [4.69, 9.17) is 0 Å². The summed E-state index contributed by atoms with van der Waals surface area (Å²) in [7, 11) is 0. The van der Waals surface area contributed by atoms with Gasteiger partial charge in [-0.15, -0.1) is 0 Å². The molecule has 0 amide bonds. The smallest absolute Gasteiger partial charge is 0.294 e. The van der Waals surface area contributed by atoms with Gasteiger partial charge in [-0.25, -0.2) is 4.68 Å². The number of carbonyl (C=O) groups excluding carboxylic acids is 1. The van der Waals surface area contributed by atoms with E-state index >= 15 is 0 Å². The predicted octanol–water partition coefficient (Wildman–Crippen LogP) is 3.41. The molecule has 2 aromatic rings. The van der Waals surface area contributed by atoms with Crippen LogP contribution in [0.1, 0.15) is 34.5 Å². The van der Waals surface area contributed by atoms with Gasteiger partial charge in [0.15, 0.2) is 5.78 Å². The lowest BCUT2D eigenvalue weighted by molar-refractivity contribution is -0.137. The largest absolute Gasteiger partial charge is 0.416 e. The number of benzene rings is 1. The van der Waals surface area contributed by atoms with Crippen LogP contribution in [-0.2, 0) is 12.6 Å². The van der Waals surface area contributed by atoms with Gasteiger partial charge in [-0.05, 0) is 37.1 Å². The Kier molecular flexibility index (Phi) is 2.88. The Balaban J connectivity index is 2.00. The number of Topliss-reactive ketones (excluding diaryl/α,β-unsaturated/α-hetero) is 1. The molecule has 0 saturated carbocycles. The molecule has 104 valence electrons. The molecule has 0 unspecified atom stereocenters. The second-order valence-corrected chi connectivity index (χ2v) is 4.74. The molecule has 0 radical (unpaired) electrons. The third-order valence-electron chi connectivity index (χ3n) is 3.43. The van der Waals surface area contributed by atoms with E-state index < -0.39 is 11.7 Å². The number of fused-ring (bicyclic) bond motifs is 1. The molecule has 0 spiro atoms. The van der Waals surface area contributed by atoms with Crippen molar-refractivity contribution in [1.82, 2.24) is 9.78 Å². The van der Waals surface area contributed by atoms with Crippen molar-refractivity contribution in [2.75, 3.05) is 0 Å². The van der Waals surface area contributed by atoms with Gasteiger partial charge in [0.25, 0.3) is 0 Å². The quantitative estimate of drug-likeness (QED) is 0.802. The molecular formula is C14H11F3N2O. The summed E-state index contributed by atoms with van der Waals surface area (Å²) < 4.78 is 39.1. The fraction of sp³-hybridized carbons (Fsp3) is 0.286. The molecule has 1 heterocycles. The van der Waals surface area contributed by atoms with E-state index in [9.17, 15) is 18.0 Å². The van der Waals surface area contributed by atoms with E-state index in [2.05, 4.69) is 5.10 Å². The molecule has 0 fully saturated rings. The minimum Gasteiger partial charge on any atom is -0.294 e. The Labute approximate surface area is 113 Å². The summed E-state index contributed by atoms with van der Waals surface area (Å²) in [5.74, 6) is 0.0458. The zero-order valence-corrected chi connectivity index (χ0v) is 10.4. The van der Waals surface area contributed by atoms with E-state index in [1.165, 1.54) is 18.3 Å². The summed E-state index contributed by atoms with van der Waals surface area (Å²) in [4.78, 5) is 11.7. The van der Waals surface area contributed by atoms with Crippen LogP contribution in [0.4, 0.5) is 13.2 Å². The first-order chi connectivity index (χ1) is 9.47. The maximum atomic E-state index is 12.5.